The van der Waals surface area contributed by atoms with Crippen molar-refractivity contribution >= 4 is 37.4 Å². The van der Waals surface area contributed by atoms with Gasteiger partial charge >= 0.3 is 5.97 Å². The molecular formula is C33H60N4O5SSi. The molecule has 4 atom stereocenters. The maximum absolute atomic E-state index is 14.3. The minimum absolute atomic E-state index is 0.0328. The molecule has 0 aliphatic carbocycles. The topological polar surface area (TPSA) is 101 Å². The monoisotopic (exact) mass is 652 g/mol. The third kappa shape index (κ3) is 9.36. The van der Waals surface area contributed by atoms with E-state index in [1.165, 1.54) is 11.3 Å². The molecule has 1 fully saturated rings. The zero-order chi connectivity index (χ0) is 33.2. The quantitative estimate of drug-likeness (QED) is 0.140. The van der Waals surface area contributed by atoms with Crippen molar-refractivity contribution in [1.29, 1.82) is 0 Å². The molecular weight excluding hydrogens is 593 g/mol. The van der Waals surface area contributed by atoms with Gasteiger partial charge in [0, 0.05) is 18.5 Å². The molecule has 0 bridgehead atoms. The highest BCUT2D eigenvalue weighted by atomic mass is 32.1. The van der Waals surface area contributed by atoms with Crippen molar-refractivity contribution in [2.24, 2.45) is 11.8 Å². The maximum atomic E-state index is 14.3. The van der Waals surface area contributed by atoms with Gasteiger partial charge in [-0.1, -0.05) is 54.9 Å². The molecule has 252 valence electrons. The number of carbonyl (C=O) groups is 3. The molecule has 11 heteroatoms. The van der Waals surface area contributed by atoms with E-state index < -0.39 is 25.9 Å². The SMILES string of the molecule is CCOC(=O)c1csc([C@@H](C[C@H](C(C)C)N(C)C(=O)[C@@H](NC(=O)C(C)(C)N2CCCC2)[C@@H](C)CC)O[Si](CC)(CC)CC)n1. The predicted molar refractivity (Wildman–Crippen MR) is 181 cm³/mol. The smallest absolute Gasteiger partial charge is 0.357 e. The van der Waals surface area contributed by atoms with E-state index in [2.05, 4.69) is 56.7 Å². The van der Waals surface area contributed by atoms with E-state index in [0.29, 0.717) is 12.1 Å². The number of nitrogens with zero attached hydrogens (tertiary/aromatic N) is 3. The molecule has 0 saturated carbocycles. The average molecular weight is 653 g/mol. The molecule has 0 spiro atoms. The maximum Gasteiger partial charge on any atom is 0.357 e. The van der Waals surface area contributed by atoms with E-state index in [4.69, 9.17) is 9.16 Å². The number of ether oxygens (including phenoxy) is 1. The number of amides is 2. The van der Waals surface area contributed by atoms with Crippen molar-refractivity contribution in [2.45, 2.75) is 137 Å². The van der Waals surface area contributed by atoms with Crippen molar-refractivity contribution < 1.29 is 23.5 Å². The van der Waals surface area contributed by atoms with Crippen molar-refractivity contribution in [3.8, 4) is 0 Å². The van der Waals surface area contributed by atoms with Crippen LogP contribution < -0.4 is 5.32 Å². The van der Waals surface area contributed by atoms with E-state index in [0.717, 1.165) is 55.5 Å². The Morgan fingerprint density at radius 1 is 1.07 bits per heavy atom. The van der Waals surface area contributed by atoms with E-state index in [-0.39, 0.29) is 42.4 Å². The molecule has 1 aliphatic rings. The molecule has 0 radical (unpaired) electrons. The fourth-order valence-electron chi connectivity index (χ4n) is 6.14. The first-order valence-electron chi connectivity index (χ1n) is 16.8. The Kier molecular flexibility index (Phi) is 15.0. The highest BCUT2D eigenvalue weighted by Crippen LogP contribution is 2.36. The summed E-state index contributed by atoms with van der Waals surface area (Å²) in [4.78, 5) is 49.2. The predicted octanol–water partition coefficient (Wildman–Crippen LogP) is 6.66. The molecule has 0 unspecified atom stereocenters. The number of thiazole rings is 1. The van der Waals surface area contributed by atoms with Crippen LogP contribution in [0, 0.1) is 11.8 Å². The van der Waals surface area contributed by atoms with Crippen LogP contribution in [0.4, 0.5) is 0 Å². The van der Waals surface area contributed by atoms with E-state index >= 15 is 0 Å². The second-order valence-electron chi connectivity index (χ2n) is 13.2. The highest BCUT2D eigenvalue weighted by molar-refractivity contribution is 7.09. The first-order chi connectivity index (χ1) is 20.7. The summed E-state index contributed by atoms with van der Waals surface area (Å²) >= 11 is 1.42. The van der Waals surface area contributed by atoms with Crippen LogP contribution in [-0.4, -0.2) is 85.3 Å². The Balaban J connectivity index is 2.41. The number of aromatic nitrogens is 1. The fourth-order valence-corrected chi connectivity index (χ4v) is 9.86. The van der Waals surface area contributed by atoms with Crippen LogP contribution in [-0.2, 0) is 18.8 Å². The second-order valence-corrected chi connectivity index (χ2v) is 18.8. The second kappa shape index (κ2) is 17.2. The van der Waals surface area contributed by atoms with Crippen molar-refractivity contribution in [2.75, 3.05) is 26.7 Å². The molecule has 2 rings (SSSR count). The number of likely N-dealkylation sites (tertiary alicyclic amines) is 1. The summed E-state index contributed by atoms with van der Waals surface area (Å²) in [5.74, 6) is -0.536. The van der Waals surface area contributed by atoms with Crippen LogP contribution in [0.1, 0.15) is 117 Å². The Morgan fingerprint density at radius 3 is 2.16 bits per heavy atom. The Bertz CT molecular complexity index is 1060. The van der Waals surface area contributed by atoms with Gasteiger partial charge in [0.05, 0.1) is 18.2 Å². The lowest BCUT2D eigenvalue weighted by molar-refractivity contribution is -0.142. The lowest BCUT2D eigenvalue weighted by Gasteiger charge is -2.40. The normalized spacial score (nSPS) is 17.3. The van der Waals surface area contributed by atoms with Crippen LogP contribution in [0.25, 0.3) is 0 Å². The van der Waals surface area contributed by atoms with Crippen LogP contribution in [0.2, 0.25) is 18.1 Å². The van der Waals surface area contributed by atoms with E-state index in [1.807, 2.05) is 32.7 Å². The standard InChI is InChI=1S/C33H60N4O5SSi/c1-12-24(8)28(35-32(40)33(9,10)37-19-17-18-20-37)30(38)36(11)26(23(6)7)21-27(42-44(14-3,15-4)16-5)29-34-25(22-43-29)31(39)41-13-2/h22-24,26-28H,12-21H2,1-11H3,(H,35,40)/t24-,26+,27+,28-/m0/s1. The van der Waals surface area contributed by atoms with E-state index in [9.17, 15) is 14.4 Å². The van der Waals surface area contributed by atoms with E-state index in [1.54, 1.807) is 12.3 Å². The molecule has 2 heterocycles. The van der Waals surface area contributed by atoms with Gasteiger partial charge in [-0.25, -0.2) is 9.78 Å². The molecule has 1 aliphatic heterocycles. The third-order valence-corrected chi connectivity index (χ3v) is 15.5. The average Bonchev–Trinajstić information content (AvgIpc) is 3.73. The first kappa shape index (κ1) is 38.4. The summed E-state index contributed by atoms with van der Waals surface area (Å²) in [6.45, 7) is 22.7. The number of hydrogen-bond donors (Lipinski definition) is 1. The minimum Gasteiger partial charge on any atom is -0.461 e. The number of likely N-dealkylation sites (N-methyl/N-ethyl adjacent to an activating group) is 1. The van der Waals surface area contributed by atoms with Crippen molar-refractivity contribution in [3.63, 3.8) is 0 Å². The highest BCUT2D eigenvalue weighted by Gasteiger charge is 2.41. The Labute approximate surface area is 272 Å². The number of carbonyl (C=O) groups excluding carboxylic acids is 3. The van der Waals surface area contributed by atoms with Crippen molar-refractivity contribution in [3.05, 3.63) is 16.1 Å². The summed E-state index contributed by atoms with van der Waals surface area (Å²) < 4.78 is 12.3. The number of nitrogens with one attached hydrogen (secondary N) is 1. The summed E-state index contributed by atoms with van der Waals surface area (Å²) in [5, 5.41) is 5.66. The molecule has 44 heavy (non-hydrogen) atoms. The van der Waals surface area contributed by atoms with Crippen LogP contribution >= 0.6 is 11.3 Å². The fraction of sp³-hybridized carbons (Fsp3) is 0.818. The molecule has 1 saturated heterocycles. The summed E-state index contributed by atoms with van der Waals surface area (Å²) in [6.07, 6.45) is 3.13. The largest absolute Gasteiger partial charge is 0.461 e. The van der Waals surface area contributed by atoms with Gasteiger partial charge in [0.2, 0.25) is 11.8 Å². The summed E-state index contributed by atoms with van der Waals surface area (Å²) in [6, 6.07) is 2.12. The van der Waals surface area contributed by atoms with Crippen LogP contribution in [0.3, 0.4) is 0 Å². The number of hydrogen-bond acceptors (Lipinski definition) is 8. The van der Waals surface area contributed by atoms with Gasteiger partial charge in [0.15, 0.2) is 14.0 Å². The zero-order valence-corrected chi connectivity index (χ0v) is 31.1. The van der Waals surface area contributed by atoms with Gasteiger partial charge in [-0.05, 0) is 83.1 Å². The third-order valence-electron chi connectivity index (χ3n) is 9.90. The first-order valence-corrected chi connectivity index (χ1v) is 20.3. The van der Waals surface area contributed by atoms with Crippen LogP contribution in [0.15, 0.2) is 5.38 Å². The van der Waals surface area contributed by atoms with Gasteiger partial charge in [-0.2, -0.15) is 0 Å². The summed E-state index contributed by atoms with van der Waals surface area (Å²) in [7, 11) is -0.222. The van der Waals surface area contributed by atoms with Gasteiger partial charge in [-0.15, -0.1) is 11.3 Å². The lowest BCUT2D eigenvalue weighted by Crippen LogP contribution is -2.60. The number of esters is 1. The van der Waals surface area contributed by atoms with Gasteiger partial charge in [-0.3, -0.25) is 14.5 Å². The zero-order valence-electron chi connectivity index (χ0n) is 29.3. The van der Waals surface area contributed by atoms with Gasteiger partial charge in [0.1, 0.15) is 11.0 Å². The molecule has 1 aromatic rings. The number of rotatable bonds is 18. The molecule has 2 amide bonds. The molecule has 0 aromatic carbocycles. The lowest BCUT2D eigenvalue weighted by atomic mass is 9.92. The van der Waals surface area contributed by atoms with Crippen LogP contribution in [0.5, 0.6) is 0 Å². The van der Waals surface area contributed by atoms with Crippen molar-refractivity contribution in [1.82, 2.24) is 20.1 Å². The Morgan fingerprint density at radius 2 is 1.66 bits per heavy atom. The molecule has 9 nitrogen and oxygen atoms in total. The Hall–Kier alpha value is -1.82. The van der Waals surface area contributed by atoms with Gasteiger partial charge in [0.25, 0.3) is 0 Å². The van der Waals surface area contributed by atoms with Gasteiger partial charge < -0.3 is 19.4 Å². The summed E-state index contributed by atoms with van der Waals surface area (Å²) in [5.41, 5.74) is -0.393. The molecule has 1 aromatic heterocycles. The molecule has 1 N–H and O–H groups in total. The minimum atomic E-state index is -2.08.